The van der Waals surface area contributed by atoms with E-state index in [1.807, 2.05) is 0 Å². The van der Waals surface area contributed by atoms with E-state index in [-0.39, 0.29) is 11.6 Å². The molecule has 0 heterocycles. The van der Waals surface area contributed by atoms with Gasteiger partial charge in [-0.25, -0.2) is 0 Å². The number of oxime groups is 1. The standard InChI is InChI=1S/C9H15N3O2/c1-9(2,3)7(8(13)11-4)6(5-10)12-14/h7,14H,1-4H3,(H,11,13). The predicted octanol–water partition coefficient (Wildman–Crippen LogP) is 0.748. The first-order chi connectivity index (χ1) is 6.38. The number of hydrogen-bond donors (Lipinski definition) is 2. The second kappa shape index (κ2) is 4.61. The topological polar surface area (TPSA) is 85.5 Å². The molecule has 0 fully saturated rings. The van der Waals surface area contributed by atoms with E-state index in [9.17, 15) is 4.79 Å². The zero-order valence-corrected chi connectivity index (χ0v) is 8.83. The van der Waals surface area contributed by atoms with Crippen molar-refractivity contribution in [1.82, 2.24) is 5.32 Å². The van der Waals surface area contributed by atoms with Crippen molar-refractivity contribution in [1.29, 1.82) is 5.26 Å². The minimum atomic E-state index is -0.734. The molecule has 0 rings (SSSR count). The van der Waals surface area contributed by atoms with Crippen molar-refractivity contribution in [2.24, 2.45) is 16.5 Å². The van der Waals surface area contributed by atoms with Crippen molar-refractivity contribution in [2.45, 2.75) is 20.8 Å². The summed E-state index contributed by atoms with van der Waals surface area (Å²) in [6.07, 6.45) is 0. The molecule has 0 aromatic carbocycles. The minimum absolute atomic E-state index is 0.170. The Morgan fingerprint density at radius 2 is 2.07 bits per heavy atom. The first kappa shape index (κ1) is 12.4. The van der Waals surface area contributed by atoms with Crippen LogP contribution in [0.2, 0.25) is 0 Å². The number of hydrogen-bond acceptors (Lipinski definition) is 4. The number of carbonyl (C=O) groups excluding carboxylic acids is 1. The van der Waals surface area contributed by atoms with Crippen molar-refractivity contribution in [3.8, 4) is 6.07 Å². The summed E-state index contributed by atoms with van der Waals surface area (Å²) in [6, 6.07) is 1.71. The molecule has 0 saturated heterocycles. The van der Waals surface area contributed by atoms with Gasteiger partial charge in [-0.1, -0.05) is 25.9 Å². The Morgan fingerprint density at radius 3 is 2.29 bits per heavy atom. The molecule has 1 unspecified atom stereocenters. The van der Waals surface area contributed by atoms with E-state index < -0.39 is 11.3 Å². The van der Waals surface area contributed by atoms with E-state index in [2.05, 4.69) is 10.5 Å². The number of carbonyl (C=O) groups is 1. The lowest BCUT2D eigenvalue weighted by Gasteiger charge is -2.26. The second-order valence-electron chi connectivity index (χ2n) is 4.01. The van der Waals surface area contributed by atoms with Crippen LogP contribution < -0.4 is 5.32 Å². The van der Waals surface area contributed by atoms with E-state index in [1.54, 1.807) is 26.8 Å². The largest absolute Gasteiger partial charge is 0.410 e. The number of rotatable bonds is 2. The van der Waals surface area contributed by atoms with Gasteiger partial charge in [0.05, 0.1) is 5.92 Å². The number of nitrogens with zero attached hydrogens (tertiary/aromatic N) is 2. The van der Waals surface area contributed by atoms with Crippen molar-refractivity contribution >= 4 is 11.6 Å². The molecule has 2 N–H and O–H groups in total. The molecular weight excluding hydrogens is 182 g/mol. The van der Waals surface area contributed by atoms with E-state index in [0.29, 0.717) is 0 Å². The first-order valence-corrected chi connectivity index (χ1v) is 4.22. The van der Waals surface area contributed by atoms with Gasteiger partial charge >= 0.3 is 0 Å². The Bertz CT molecular complexity index is 283. The molecule has 1 atom stereocenters. The maximum absolute atomic E-state index is 11.5. The number of nitriles is 1. The van der Waals surface area contributed by atoms with Gasteiger partial charge in [0.15, 0.2) is 5.71 Å². The van der Waals surface area contributed by atoms with Crippen LogP contribution in [0.25, 0.3) is 0 Å². The minimum Gasteiger partial charge on any atom is -0.410 e. The summed E-state index contributed by atoms with van der Waals surface area (Å²) in [7, 11) is 1.48. The van der Waals surface area contributed by atoms with E-state index in [0.717, 1.165) is 0 Å². The third-order valence-electron chi connectivity index (χ3n) is 1.87. The van der Waals surface area contributed by atoms with Crippen LogP contribution in [0.1, 0.15) is 20.8 Å². The van der Waals surface area contributed by atoms with Gasteiger partial charge in [-0.15, -0.1) is 0 Å². The van der Waals surface area contributed by atoms with Crippen LogP contribution in [0, 0.1) is 22.7 Å². The van der Waals surface area contributed by atoms with Crippen molar-refractivity contribution in [2.75, 3.05) is 7.05 Å². The van der Waals surface area contributed by atoms with Crippen LogP contribution in [-0.4, -0.2) is 23.9 Å². The number of amides is 1. The Hall–Kier alpha value is -1.57. The smallest absolute Gasteiger partial charge is 0.230 e. The van der Waals surface area contributed by atoms with E-state index in [4.69, 9.17) is 10.5 Å². The molecule has 5 heteroatoms. The maximum atomic E-state index is 11.5. The monoisotopic (exact) mass is 197 g/mol. The molecule has 0 spiro atoms. The van der Waals surface area contributed by atoms with Gasteiger partial charge < -0.3 is 10.5 Å². The molecule has 0 aliphatic heterocycles. The van der Waals surface area contributed by atoms with Gasteiger partial charge in [-0.3, -0.25) is 4.79 Å². The lowest BCUT2D eigenvalue weighted by molar-refractivity contribution is -0.124. The zero-order valence-electron chi connectivity index (χ0n) is 8.83. The fourth-order valence-corrected chi connectivity index (χ4v) is 1.22. The van der Waals surface area contributed by atoms with Gasteiger partial charge in [-0.05, 0) is 5.41 Å². The normalized spacial score (nSPS) is 14.4. The first-order valence-electron chi connectivity index (χ1n) is 4.22. The highest BCUT2D eigenvalue weighted by molar-refractivity contribution is 6.12. The summed E-state index contributed by atoms with van der Waals surface area (Å²) < 4.78 is 0. The van der Waals surface area contributed by atoms with Crippen LogP contribution in [0.3, 0.4) is 0 Å². The maximum Gasteiger partial charge on any atom is 0.230 e. The molecule has 0 aromatic heterocycles. The molecule has 0 radical (unpaired) electrons. The van der Waals surface area contributed by atoms with Crippen molar-refractivity contribution < 1.29 is 10.0 Å². The zero-order chi connectivity index (χ0) is 11.4. The van der Waals surface area contributed by atoms with Crippen LogP contribution >= 0.6 is 0 Å². The molecule has 0 aromatic rings. The summed E-state index contributed by atoms with van der Waals surface area (Å²) in [5, 5.41) is 22.5. The molecule has 0 aliphatic carbocycles. The summed E-state index contributed by atoms with van der Waals surface area (Å²) >= 11 is 0. The summed E-state index contributed by atoms with van der Waals surface area (Å²) in [5.74, 6) is -1.06. The van der Waals surface area contributed by atoms with Gasteiger partial charge in [-0.2, -0.15) is 5.26 Å². The fourth-order valence-electron chi connectivity index (χ4n) is 1.22. The SMILES string of the molecule is CNC(=O)C(C(C#N)=NO)C(C)(C)C. The van der Waals surface area contributed by atoms with Gasteiger partial charge in [0, 0.05) is 7.05 Å². The Kier molecular flexibility index (Phi) is 4.09. The average Bonchev–Trinajstić information content (AvgIpc) is 2.10. The van der Waals surface area contributed by atoms with Gasteiger partial charge in [0.25, 0.3) is 0 Å². The Labute approximate surface area is 83.4 Å². The highest BCUT2D eigenvalue weighted by atomic mass is 16.4. The second-order valence-corrected chi connectivity index (χ2v) is 4.01. The van der Waals surface area contributed by atoms with E-state index >= 15 is 0 Å². The molecule has 0 bridgehead atoms. The Morgan fingerprint density at radius 1 is 1.57 bits per heavy atom. The third kappa shape index (κ3) is 2.73. The van der Waals surface area contributed by atoms with Crippen molar-refractivity contribution in [3.63, 3.8) is 0 Å². The quantitative estimate of drug-likeness (QED) is 0.389. The van der Waals surface area contributed by atoms with Gasteiger partial charge in [0.1, 0.15) is 6.07 Å². The average molecular weight is 197 g/mol. The molecule has 1 amide bonds. The molecule has 0 aliphatic rings. The van der Waals surface area contributed by atoms with Gasteiger partial charge in [0.2, 0.25) is 5.91 Å². The molecule has 14 heavy (non-hydrogen) atoms. The van der Waals surface area contributed by atoms with Crippen LogP contribution in [0.4, 0.5) is 0 Å². The molecule has 5 nitrogen and oxygen atoms in total. The van der Waals surface area contributed by atoms with Crippen LogP contribution in [0.15, 0.2) is 5.16 Å². The van der Waals surface area contributed by atoms with Crippen molar-refractivity contribution in [3.05, 3.63) is 0 Å². The van der Waals surface area contributed by atoms with Crippen LogP contribution in [-0.2, 0) is 4.79 Å². The number of nitrogens with one attached hydrogen (secondary N) is 1. The fraction of sp³-hybridized carbons (Fsp3) is 0.667. The third-order valence-corrected chi connectivity index (χ3v) is 1.87. The Balaban J connectivity index is 5.14. The highest BCUT2D eigenvalue weighted by Gasteiger charge is 2.35. The summed E-state index contributed by atoms with van der Waals surface area (Å²) in [5.41, 5.74) is -0.631. The molecule has 78 valence electrons. The predicted molar refractivity (Wildman–Crippen MR) is 51.8 cm³/mol. The highest BCUT2D eigenvalue weighted by Crippen LogP contribution is 2.27. The molecular formula is C9H15N3O2. The summed E-state index contributed by atoms with van der Waals surface area (Å²) in [4.78, 5) is 11.5. The lowest BCUT2D eigenvalue weighted by Crippen LogP contribution is -2.41. The van der Waals surface area contributed by atoms with E-state index in [1.165, 1.54) is 7.05 Å². The summed E-state index contributed by atoms with van der Waals surface area (Å²) in [6.45, 7) is 5.40. The lowest BCUT2D eigenvalue weighted by atomic mass is 9.77. The molecule has 0 saturated carbocycles. The van der Waals surface area contributed by atoms with Crippen LogP contribution in [0.5, 0.6) is 0 Å².